The van der Waals surface area contributed by atoms with Gasteiger partial charge in [-0.05, 0) is 18.7 Å². The summed E-state index contributed by atoms with van der Waals surface area (Å²) >= 11 is 1.92. The van der Waals surface area contributed by atoms with E-state index in [2.05, 4.69) is 43.4 Å². The van der Waals surface area contributed by atoms with E-state index < -0.39 is 0 Å². The summed E-state index contributed by atoms with van der Waals surface area (Å²) in [5, 5.41) is 3.84. The maximum absolute atomic E-state index is 3.18. The molecule has 0 heterocycles. The summed E-state index contributed by atoms with van der Waals surface area (Å²) in [5.41, 5.74) is 1.39. The molecule has 0 atom stereocenters. The van der Waals surface area contributed by atoms with Crippen molar-refractivity contribution in [1.82, 2.24) is 5.32 Å². The zero-order valence-corrected chi connectivity index (χ0v) is 9.32. The van der Waals surface area contributed by atoms with Gasteiger partial charge in [-0.2, -0.15) is 0 Å². The molecule has 1 N–H and O–H groups in total. The fraction of sp³-hybridized carbons (Fsp3) is 0.455. The molecule has 1 rings (SSSR count). The molecule has 1 aromatic rings. The van der Waals surface area contributed by atoms with E-state index in [-0.39, 0.29) is 0 Å². The van der Waals surface area contributed by atoms with Crippen molar-refractivity contribution in [2.75, 3.05) is 7.05 Å². The molecule has 0 radical (unpaired) electrons. The van der Waals surface area contributed by atoms with Crippen LogP contribution in [0.15, 0.2) is 29.2 Å². The number of thioether (sulfide) groups is 1. The first-order valence-corrected chi connectivity index (χ1v) is 5.51. The summed E-state index contributed by atoms with van der Waals surface area (Å²) in [5.74, 6) is 0. The molecular weight excluding hydrogens is 178 g/mol. The lowest BCUT2D eigenvalue weighted by Gasteiger charge is -2.10. The van der Waals surface area contributed by atoms with Gasteiger partial charge in [-0.15, -0.1) is 11.8 Å². The third-order valence-corrected chi connectivity index (χ3v) is 2.83. The third kappa shape index (κ3) is 3.41. The second kappa shape index (κ2) is 5.30. The second-order valence-corrected chi connectivity index (χ2v) is 4.92. The lowest BCUT2D eigenvalue weighted by atomic mass is 10.2. The molecule has 1 nitrogen and oxygen atoms in total. The minimum absolute atomic E-state index is 0.651. The molecule has 0 saturated carbocycles. The molecule has 0 aliphatic carbocycles. The number of benzene rings is 1. The SMILES string of the molecule is CNCc1ccccc1SC(C)C. The molecule has 0 aliphatic heterocycles. The molecule has 13 heavy (non-hydrogen) atoms. The minimum atomic E-state index is 0.651. The van der Waals surface area contributed by atoms with Gasteiger partial charge in [0, 0.05) is 16.7 Å². The zero-order valence-electron chi connectivity index (χ0n) is 8.50. The highest BCUT2D eigenvalue weighted by molar-refractivity contribution is 8.00. The number of hydrogen-bond donors (Lipinski definition) is 1. The third-order valence-electron chi connectivity index (χ3n) is 1.70. The van der Waals surface area contributed by atoms with E-state index in [0.717, 1.165) is 6.54 Å². The smallest absolute Gasteiger partial charge is 0.0213 e. The molecule has 0 saturated heterocycles. The van der Waals surface area contributed by atoms with Crippen LogP contribution >= 0.6 is 11.8 Å². The van der Waals surface area contributed by atoms with Gasteiger partial charge in [-0.3, -0.25) is 0 Å². The van der Waals surface area contributed by atoms with Crippen LogP contribution in [0, 0.1) is 0 Å². The Kier molecular flexibility index (Phi) is 4.33. The second-order valence-electron chi connectivity index (χ2n) is 3.30. The Morgan fingerprint density at radius 1 is 1.31 bits per heavy atom. The van der Waals surface area contributed by atoms with Gasteiger partial charge in [0.1, 0.15) is 0 Å². The van der Waals surface area contributed by atoms with E-state index in [0.29, 0.717) is 5.25 Å². The Morgan fingerprint density at radius 2 is 2.00 bits per heavy atom. The Morgan fingerprint density at radius 3 is 2.62 bits per heavy atom. The lowest BCUT2D eigenvalue weighted by molar-refractivity contribution is 0.803. The fourth-order valence-electron chi connectivity index (χ4n) is 1.21. The average Bonchev–Trinajstić information content (AvgIpc) is 2.08. The largest absolute Gasteiger partial charge is 0.316 e. The normalized spacial score (nSPS) is 10.8. The average molecular weight is 195 g/mol. The van der Waals surface area contributed by atoms with Gasteiger partial charge in [0.25, 0.3) is 0 Å². The van der Waals surface area contributed by atoms with Gasteiger partial charge >= 0.3 is 0 Å². The summed E-state index contributed by atoms with van der Waals surface area (Å²) in [4.78, 5) is 1.40. The van der Waals surface area contributed by atoms with Gasteiger partial charge in [0.2, 0.25) is 0 Å². The van der Waals surface area contributed by atoms with Crippen LogP contribution in [-0.4, -0.2) is 12.3 Å². The van der Waals surface area contributed by atoms with Crippen LogP contribution in [0.2, 0.25) is 0 Å². The standard InChI is InChI=1S/C11H17NS/c1-9(2)13-11-7-5-4-6-10(11)8-12-3/h4-7,9,12H,8H2,1-3H3. The highest BCUT2D eigenvalue weighted by Gasteiger charge is 2.02. The first-order valence-electron chi connectivity index (χ1n) is 4.63. The van der Waals surface area contributed by atoms with Gasteiger partial charge in [0.15, 0.2) is 0 Å². The van der Waals surface area contributed by atoms with E-state index >= 15 is 0 Å². The fourth-order valence-corrected chi connectivity index (χ4v) is 2.17. The van der Waals surface area contributed by atoms with Gasteiger partial charge in [-0.1, -0.05) is 32.0 Å². The van der Waals surface area contributed by atoms with E-state index in [9.17, 15) is 0 Å². The molecule has 0 amide bonds. The first kappa shape index (κ1) is 10.6. The van der Waals surface area contributed by atoms with Crippen LogP contribution in [0.5, 0.6) is 0 Å². The van der Waals surface area contributed by atoms with Crippen LogP contribution in [0.25, 0.3) is 0 Å². The van der Waals surface area contributed by atoms with Crippen molar-refractivity contribution in [3.05, 3.63) is 29.8 Å². The summed E-state index contributed by atoms with van der Waals surface area (Å²) < 4.78 is 0. The Bertz CT molecular complexity index is 258. The van der Waals surface area contributed by atoms with Crippen molar-refractivity contribution in [1.29, 1.82) is 0 Å². The van der Waals surface area contributed by atoms with E-state index in [4.69, 9.17) is 0 Å². The quantitative estimate of drug-likeness (QED) is 0.741. The molecule has 72 valence electrons. The van der Waals surface area contributed by atoms with Crippen molar-refractivity contribution in [3.8, 4) is 0 Å². The van der Waals surface area contributed by atoms with E-state index in [1.54, 1.807) is 0 Å². The Hall–Kier alpha value is -0.470. The summed E-state index contributed by atoms with van der Waals surface area (Å²) in [7, 11) is 1.98. The first-order chi connectivity index (χ1) is 6.24. The van der Waals surface area contributed by atoms with Crippen LogP contribution in [0.4, 0.5) is 0 Å². The molecule has 1 aromatic carbocycles. The lowest BCUT2D eigenvalue weighted by Crippen LogP contribution is -2.06. The summed E-state index contributed by atoms with van der Waals surface area (Å²) in [6.07, 6.45) is 0. The molecule has 2 heteroatoms. The molecule has 0 aromatic heterocycles. The van der Waals surface area contributed by atoms with Crippen LogP contribution in [0.1, 0.15) is 19.4 Å². The van der Waals surface area contributed by atoms with Crippen molar-refractivity contribution in [3.63, 3.8) is 0 Å². The van der Waals surface area contributed by atoms with Crippen LogP contribution in [-0.2, 0) is 6.54 Å². The molecule has 0 spiro atoms. The topological polar surface area (TPSA) is 12.0 Å². The predicted octanol–water partition coefficient (Wildman–Crippen LogP) is 2.91. The minimum Gasteiger partial charge on any atom is -0.316 e. The molecule has 0 fully saturated rings. The molecule has 0 unspecified atom stereocenters. The van der Waals surface area contributed by atoms with Gasteiger partial charge < -0.3 is 5.32 Å². The van der Waals surface area contributed by atoms with Crippen molar-refractivity contribution >= 4 is 11.8 Å². The van der Waals surface area contributed by atoms with Crippen molar-refractivity contribution < 1.29 is 0 Å². The number of rotatable bonds is 4. The van der Waals surface area contributed by atoms with Crippen molar-refractivity contribution in [2.24, 2.45) is 0 Å². The number of nitrogens with one attached hydrogen (secondary N) is 1. The van der Waals surface area contributed by atoms with Gasteiger partial charge in [0.05, 0.1) is 0 Å². The predicted molar refractivity (Wildman–Crippen MR) is 60.2 cm³/mol. The Labute approximate surface area is 84.9 Å². The maximum atomic E-state index is 3.18. The maximum Gasteiger partial charge on any atom is 0.0213 e. The number of hydrogen-bond acceptors (Lipinski definition) is 2. The van der Waals surface area contributed by atoms with Gasteiger partial charge in [-0.25, -0.2) is 0 Å². The van der Waals surface area contributed by atoms with Crippen molar-refractivity contribution in [2.45, 2.75) is 30.5 Å². The highest BCUT2D eigenvalue weighted by Crippen LogP contribution is 2.26. The molecule has 0 aliphatic rings. The zero-order chi connectivity index (χ0) is 9.68. The monoisotopic (exact) mass is 195 g/mol. The molecule has 0 bridgehead atoms. The highest BCUT2D eigenvalue weighted by atomic mass is 32.2. The van der Waals surface area contributed by atoms with Crippen LogP contribution in [0.3, 0.4) is 0 Å². The molecular formula is C11H17NS. The summed E-state index contributed by atoms with van der Waals surface area (Å²) in [6.45, 7) is 5.40. The van der Waals surface area contributed by atoms with E-state index in [1.165, 1.54) is 10.5 Å². The summed E-state index contributed by atoms with van der Waals surface area (Å²) in [6, 6.07) is 8.57. The van der Waals surface area contributed by atoms with E-state index in [1.807, 2.05) is 18.8 Å². The van der Waals surface area contributed by atoms with Crippen LogP contribution < -0.4 is 5.32 Å². The Balaban J connectivity index is 2.78.